The van der Waals surface area contributed by atoms with Gasteiger partial charge in [0.1, 0.15) is 12.0 Å². The number of benzene rings is 2. The van der Waals surface area contributed by atoms with Crippen molar-refractivity contribution < 1.29 is 19.0 Å². The number of nitrogen functional groups attached to an aromatic ring is 1. The van der Waals surface area contributed by atoms with Gasteiger partial charge in [0.2, 0.25) is 0 Å². The lowest BCUT2D eigenvalue weighted by molar-refractivity contribution is 0.0526. The van der Waals surface area contributed by atoms with Gasteiger partial charge in [-0.2, -0.15) is 0 Å². The maximum atomic E-state index is 12.0. The molecule has 0 aliphatic rings. The Morgan fingerprint density at radius 1 is 1.03 bits per heavy atom. The highest BCUT2D eigenvalue weighted by atomic mass is 16.5. The number of nitrogens with two attached hydrogens (primary N) is 1. The van der Waals surface area contributed by atoms with Crippen molar-refractivity contribution in [1.82, 2.24) is 9.97 Å². The second-order valence-electron chi connectivity index (χ2n) is 6.78. The second-order valence-corrected chi connectivity index (χ2v) is 6.78. The fourth-order valence-corrected chi connectivity index (χ4v) is 3.07. The molecule has 1 aromatic heterocycles. The number of hydrogen-bond donors (Lipinski definition) is 3. The van der Waals surface area contributed by atoms with Crippen LogP contribution in [0.4, 0.5) is 23.0 Å². The molecule has 2 aromatic carbocycles. The Balaban J connectivity index is 1.66. The third-order valence-corrected chi connectivity index (χ3v) is 4.67. The Morgan fingerprint density at radius 2 is 1.81 bits per heavy atom. The minimum absolute atomic E-state index is 0.313. The largest absolute Gasteiger partial charge is 0.493 e. The van der Waals surface area contributed by atoms with E-state index in [2.05, 4.69) is 20.6 Å². The van der Waals surface area contributed by atoms with Gasteiger partial charge < -0.3 is 30.6 Å². The van der Waals surface area contributed by atoms with Crippen LogP contribution in [0.5, 0.6) is 11.5 Å². The smallest absolute Gasteiger partial charge is 0.338 e. The van der Waals surface area contributed by atoms with Crippen molar-refractivity contribution in [2.24, 2.45) is 0 Å². The standard InChI is InChI=1S/C23H27N5O4/c1-4-32-23(29)16-6-5-7-17(13-16)28-22-20(24)21(26-14-27-22)25-11-10-15-8-9-18(30-2)19(12-15)31-3/h5-9,12-14H,4,10-11,24H2,1-3H3,(H2,25,26,27,28). The molecule has 0 aliphatic carbocycles. The van der Waals surface area contributed by atoms with Crippen LogP contribution >= 0.6 is 0 Å². The van der Waals surface area contributed by atoms with Gasteiger partial charge in [0, 0.05) is 12.2 Å². The van der Waals surface area contributed by atoms with E-state index in [1.165, 1.54) is 6.33 Å². The molecule has 0 bridgehead atoms. The zero-order chi connectivity index (χ0) is 22.9. The summed E-state index contributed by atoms with van der Waals surface area (Å²) in [5.41, 5.74) is 8.82. The van der Waals surface area contributed by atoms with Crippen LogP contribution in [0.1, 0.15) is 22.8 Å². The molecule has 168 valence electrons. The Labute approximate surface area is 186 Å². The average molecular weight is 438 g/mol. The van der Waals surface area contributed by atoms with E-state index in [1.807, 2.05) is 24.3 Å². The molecule has 0 saturated heterocycles. The van der Waals surface area contributed by atoms with E-state index in [4.69, 9.17) is 19.9 Å². The summed E-state index contributed by atoms with van der Waals surface area (Å²) >= 11 is 0. The summed E-state index contributed by atoms with van der Waals surface area (Å²) in [5, 5.41) is 6.37. The van der Waals surface area contributed by atoms with Crippen LogP contribution in [-0.4, -0.2) is 43.3 Å². The van der Waals surface area contributed by atoms with E-state index in [-0.39, 0.29) is 5.97 Å². The first-order valence-corrected chi connectivity index (χ1v) is 10.1. The molecule has 9 nitrogen and oxygen atoms in total. The number of anilines is 4. The van der Waals surface area contributed by atoms with Crippen LogP contribution < -0.4 is 25.8 Å². The van der Waals surface area contributed by atoms with Crippen molar-refractivity contribution in [2.45, 2.75) is 13.3 Å². The zero-order valence-corrected chi connectivity index (χ0v) is 18.3. The molecule has 3 rings (SSSR count). The van der Waals surface area contributed by atoms with Gasteiger partial charge in [-0.15, -0.1) is 0 Å². The van der Waals surface area contributed by atoms with Gasteiger partial charge in [-0.25, -0.2) is 14.8 Å². The van der Waals surface area contributed by atoms with Crippen LogP contribution in [0.25, 0.3) is 0 Å². The Morgan fingerprint density at radius 3 is 2.56 bits per heavy atom. The highest BCUT2D eigenvalue weighted by Gasteiger charge is 2.11. The molecule has 0 fully saturated rings. The van der Waals surface area contributed by atoms with Gasteiger partial charge >= 0.3 is 5.97 Å². The molecule has 0 amide bonds. The number of aromatic nitrogens is 2. The third-order valence-electron chi connectivity index (χ3n) is 4.67. The predicted molar refractivity (Wildman–Crippen MR) is 124 cm³/mol. The Bertz CT molecular complexity index is 1070. The van der Waals surface area contributed by atoms with E-state index >= 15 is 0 Å². The number of carbonyl (C=O) groups is 1. The SMILES string of the molecule is CCOC(=O)c1cccc(Nc2ncnc(NCCc3ccc(OC)c(OC)c3)c2N)c1. The molecule has 4 N–H and O–H groups in total. The summed E-state index contributed by atoms with van der Waals surface area (Å²) < 4.78 is 15.7. The lowest BCUT2D eigenvalue weighted by atomic mass is 10.1. The molecule has 32 heavy (non-hydrogen) atoms. The summed E-state index contributed by atoms with van der Waals surface area (Å²) in [5.74, 6) is 1.94. The first kappa shape index (κ1) is 22.7. The molecule has 9 heteroatoms. The minimum atomic E-state index is -0.385. The molecular weight excluding hydrogens is 410 g/mol. The van der Waals surface area contributed by atoms with Crippen molar-refractivity contribution in [2.75, 3.05) is 43.7 Å². The van der Waals surface area contributed by atoms with E-state index in [9.17, 15) is 4.79 Å². The minimum Gasteiger partial charge on any atom is -0.493 e. The fourth-order valence-electron chi connectivity index (χ4n) is 3.07. The van der Waals surface area contributed by atoms with Gasteiger partial charge in [-0.05, 0) is 49.2 Å². The van der Waals surface area contributed by atoms with Crippen LogP contribution in [0.2, 0.25) is 0 Å². The first-order valence-electron chi connectivity index (χ1n) is 10.1. The zero-order valence-electron chi connectivity index (χ0n) is 18.3. The Kier molecular flexibility index (Phi) is 7.69. The number of rotatable bonds is 10. The monoisotopic (exact) mass is 437 g/mol. The lowest BCUT2D eigenvalue weighted by Gasteiger charge is -2.13. The van der Waals surface area contributed by atoms with Crippen LogP contribution in [0, 0.1) is 0 Å². The van der Waals surface area contributed by atoms with E-state index < -0.39 is 0 Å². The number of nitrogens with one attached hydrogen (secondary N) is 2. The first-order chi connectivity index (χ1) is 15.5. The maximum absolute atomic E-state index is 12.0. The maximum Gasteiger partial charge on any atom is 0.338 e. The summed E-state index contributed by atoms with van der Waals surface area (Å²) in [6.45, 7) is 2.68. The molecular formula is C23H27N5O4. The van der Waals surface area contributed by atoms with Crippen molar-refractivity contribution in [1.29, 1.82) is 0 Å². The van der Waals surface area contributed by atoms with Crippen molar-refractivity contribution in [3.05, 3.63) is 59.9 Å². The van der Waals surface area contributed by atoms with E-state index in [0.717, 1.165) is 12.0 Å². The molecule has 0 saturated carbocycles. The van der Waals surface area contributed by atoms with E-state index in [0.29, 0.717) is 53.2 Å². The molecule has 1 heterocycles. The molecule has 0 radical (unpaired) electrons. The summed E-state index contributed by atoms with van der Waals surface area (Å²) in [7, 11) is 3.22. The molecule has 0 atom stereocenters. The highest BCUT2D eigenvalue weighted by Crippen LogP contribution is 2.28. The number of nitrogens with zero attached hydrogens (tertiary/aromatic N) is 2. The Hall–Kier alpha value is -4.01. The molecule has 0 unspecified atom stereocenters. The van der Waals surface area contributed by atoms with Gasteiger partial charge in [-0.1, -0.05) is 12.1 Å². The van der Waals surface area contributed by atoms with Gasteiger partial charge in [0.05, 0.1) is 26.4 Å². The van der Waals surface area contributed by atoms with Crippen molar-refractivity contribution in [3.63, 3.8) is 0 Å². The molecule has 0 spiro atoms. The number of carbonyl (C=O) groups excluding carboxylic acids is 1. The van der Waals surface area contributed by atoms with Crippen molar-refractivity contribution >= 4 is 29.0 Å². The van der Waals surface area contributed by atoms with E-state index in [1.54, 1.807) is 39.3 Å². The molecule has 3 aromatic rings. The van der Waals surface area contributed by atoms with Crippen LogP contribution in [0.15, 0.2) is 48.8 Å². The number of hydrogen-bond acceptors (Lipinski definition) is 9. The average Bonchev–Trinajstić information content (AvgIpc) is 2.81. The lowest BCUT2D eigenvalue weighted by Crippen LogP contribution is -2.11. The van der Waals surface area contributed by atoms with Crippen LogP contribution in [0.3, 0.4) is 0 Å². The quantitative estimate of drug-likeness (QED) is 0.408. The van der Waals surface area contributed by atoms with Crippen molar-refractivity contribution in [3.8, 4) is 11.5 Å². The highest BCUT2D eigenvalue weighted by molar-refractivity contribution is 5.91. The fraction of sp³-hybridized carbons (Fsp3) is 0.261. The predicted octanol–water partition coefficient (Wildman–Crippen LogP) is 3.65. The van der Waals surface area contributed by atoms with Crippen LogP contribution in [-0.2, 0) is 11.2 Å². The van der Waals surface area contributed by atoms with Gasteiger partial charge in [-0.3, -0.25) is 0 Å². The summed E-state index contributed by atoms with van der Waals surface area (Å²) in [4.78, 5) is 20.4. The van der Waals surface area contributed by atoms with Gasteiger partial charge in [0.15, 0.2) is 23.1 Å². The summed E-state index contributed by atoms with van der Waals surface area (Å²) in [6.07, 6.45) is 2.15. The van der Waals surface area contributed by atoms with Gasteiger partial charge in [0.25, 0.3) is 0 Å². The summed E-state index contributed by atoms with van der Waals surface area (Å²) in [6, 6.07) is 12.7. The third kappa shape index (κ3) is 5.57. The second kappa shape index (κ2) is 10.9. The number of methoxy groups -OCH3 is 2. The normalized spacial score (nSPS) is 10.3. The molecule has 0 aliphatic heterocycles. The topological polar surface area (TPSA) is 121 Å². The number of ether oxygens (including phenoxy) is 3. The number of esters is 1.